The minimum Gasteiger partial charge on any atom is -0.497 e. The van der Waals surface area contributed by atoms with Crippen LogP contribution in [-0.2, 0) is 16.6 Å². The number of fused-ring (bicyclic) bond motifs is 1. The molecule has 1 N–H and O–H groups in total. The minimum absolute atomic E-state index is 0.0000688. The number of benzene rings is 2. The fourth-order valence-corrected chi connectivity index (χ4v) is 5.20. The summed E-state index contributed by atoms with van der Waals surface area (Å²) in [5, 5.41) is 10.4. The monoisotopic (exact) mass is 400 g/mol. The Balaban J connectivity index is 2.00. The number of sulfonamides is 1. The summed E-state index contributed by atoms with van der Waals surface area (Å²) in [5.41, 5.74) is 2.83. The molecule has 0 atom stereocenters. The van der Waals surface area contributed by atoms with Gasteiger partial charge in [-0.15, -0.1) is 0 Å². The van der Waals surface area contributed by atoms with E-state index in [4.69, 9.17) is 4.74 Å². The van der Waals surface area contributed by atoms with E-state index in [2.05, 4.69) is 4.98 Å². The molecule has 0 aliphatic rings. The molecule has 0 fully saturated rings. The first-order valence-corrected chi connectivity index (χ1v) is 10.4. The van der Waals surface area contributed by atoms with Crippen LogP contribution < -0.4 is 4.74 Å². The van der Waals surface area contributed by atoms with Crippen molar-refractivity contribution < 1.29 is 18.3 Å². The van der Waals surface area contributed by atoms with Crippen LogP contribution in [0.15, 0.2) is 53.6 Å². The smallest absolute Gasteiger partial charge is 0.243 e. The van der Waals surface area contributed by atoms with E-state index in [1.165, 1.54) is 4.31 Å². The van der Waals surface area contributed by atoms with E-state index in [0.717, 1.165) is 16.5 Å². The lowest BCUT2D eigenvalue weighted by Gasteiger charge is -2.24. The second-order valence-corrected chi connectivity index (χ2v) is 8.56. The van der Waals surface area contributed by atoms with Crippen molar-refractivity contribution in [2.75, 3.05) is 20.3 Å². The Morgan fingerprint density at radius 2 is 1.79 bits per heavy atom. The highest BCUT2D eigenvalue weighted by molar-refractivity contribution is 7.89. The van der Waals surface area contributed by atoms with Gasteiger partial charge in [-0.05, 0) is 54.8 Å². The SMILES string of the molecule is COc1cc(C)c(S(=O)(=O)N(CCO)Cc2cnc3ccccc3c2)c(C)c1. The summed E-state index contributed by atoms with van der Waals surface area (Å²) in [6, 6.07) is 13.0. The van der Waals surface area contributed by atoms with Crippen LogP contribution in [0.1, 0.15) is 16.7 Å². The standard InChI is InChI=1S/C21H24N2O4S/c1-15-10-19(27-3)11-16(2)21(15)28(25,26)23(8-9-24)14-17-12-18-6-4-5-7-20(18)22-13-17/h4-7,10-13,24H,8-9,14H2,1-3H3. The van der Waals surface area contributed by atoms with Crippen LogP contribution in [0.4, 0.5) is 0 Å². The maximum absolute atomic E-state index is 13.4. The van der Waals surface area contributed by atoms with Crippen molar-refractivity contribution in [1.29, 1.82) is 0 Å². The largest absolute Gasteiger partial charge is 0.497 e. The minimum atomic E-state index is -3.81. The second-order valence-electron chi connectivity index (χ2n) is 6.69. The Morgan fingerprint density at radius 1 is 1.11 bits per heavy atom. The Morgan fingerprint density at radius 3 is 2.43 bits per heavy atom. The van der Waals surface area contributed by atoms with Gasteiger partial charge in [-0.1, -0.05) is 18.2 Å². The van der Waals surface area contributed by atoms with Crippen LogP contribution >= 0.6 is 0 Å². The van der Waals surface area contributed by atoms with E-state index in [1.54, 1.807) is 39.3 Å². The number of aromatic nitrogens is 1. The zero-order chi connectivity index (χ0) is 20.3. The van der Waals surface area contributed by atoms with Gasteiger partial charge in [0.15, 0.2) is 0 Å². The highest BCUT2D eigenvalue weighted by Gasteiger charge is 2.28. The van der Waals surface area contributed by atoms with Crippen molar-refractivity contribution in [3.8, 4) is 5.75 Å². The Bertz CT molecular complexity index is 1070. The first kappa shape index (κ1) is 20.3. The topological polar surface area (TPSA) is 79.7 Å². The van der Waals surface area contributed by atoms with Gasteiger partial charge in [-0.25, -0.2) is 8.42 Å². The van der Waals surface area contributed by atoms with Gasteiger partial charge < -0.3 is 9.84 Å². The maximum Gasteiger partial charge on any atom is 0.243 e. The molecular weight excluding hydrogens is 376 g/mol. The summed E-state index contributed by atoms with van der Waals surface area (Å²) in [7, 11) is -2.26. The summed E-state index contributed by atoms with van der Waals surface area (Å²) in [5.74, 6) is 0.612. The summed E-state index contributed by atoms with van der Waals surface area (Å²) in [6.07, 6.45) is 1.68. The van der Waals surface area contributed by atoms with E-state index < -0.39 is 10.0 Å². The number of para-hydroxylation sites is 1. The fourth-order valence-electron chi connectivity index (χ4n) is 3.37. The highest BCUT2D eigenvalue weighted by atomic mass is 32.2. The molecule has 3 aromatic rings. The van der Waals surface area contributed by atoms with Crippen LogP contribution in [0, 0.1) is 13.8 Å². The number of methoxy groups -OCH3 is 1. The van der Waals surface area contributed by atoms with E-state index in [9.17, 15) is 13.5 Å². The molecule has 0 amide bonds. The van der Waals surface area contributed by atoms with Crippen molar-refractivity contribution in [2.45, 2.75) is 25.3 Å². The predicted octanol–water partition coefficient (Wildman–Crippen LogP) is 3.04. The third-order valence-corrected chi connectivity index (χ3v) is 6.77. The number of nitrogens with zero attached hydrogens (tertiary/aromatic N) is 2. The van der Waals surface area contributed by atoms with Gasteiger partial charge >= 0.3 is 0 Å². The molecule has 3 rings (SSSR count). The van der Waals surface area contributed by atoms with Crippen molar-refractivity contribution >= 4 is 20.9 Å². The third-order valence-electron chi connectivity index (χ3n) is 4.62. The molecule has 0 spiro atoms. The van der Waals surface area contributed by atoms with E-state index in [0.29, 0.717) is 16.9 Å². The van der Waals surface area contributed by atoms with Crippen LogP contribution in [-0.4, -0.2) is 43.1 Å². The number of rotatable bonds is 7. The molecule has 0 aliphatic carbocycles. The van der Waals surface area contributed by atoms with Crippen LogP contribution in [0.5, 0.6) is 5.75 Å². The first-order chi connectivity index (χ1) is 13.4. The van der Waals surface area contributed by atoms with E-state index >= 15 is 0 Å². The maximum atomic E-state index is 13.4. The molecule has 6 nitrogen and oxygen atoms in total. The van der Waals surface area contributed by atoms with Crippen molar-refractivity contribution in [2.24, 2.45) is 0 Å². The number of ether oxygens (including phenoxy) is 1. The summed E-state index contributed by atoms with van der Waals surface area (Å²) < 4.78 is 33.3. The quantitative estimate of drug-likeness (QED) is 0.659. The van der Waals surface area contributed by atoms with E-state index in [-0.39, 0.29) is 24.6 Å². The van der Waals surface area contributed by atoms with Gasteiger partial charge in [-0.2, -0.15) is 4.31 Å². The van der Waals surface area contributed by atoms with Crippen LogP contribution in [0.25, 0.3) is 10.9 Å². The summed E-state index contributed by atoms with van der Waals surface area (Å²) in [6.45, 7) is 3.36. The molecule has 28 heavy (non-hydrogen) atoms. The number of aryl methyl sites for hydroxylation is 2. The molecule has 0 bridgehead atoms. The predicted molar refractivity (Wildman–Crippen MR) is 109 cm³/mol. The number of pyridine rings is 1. The molecule has 0 saturated heterocycles. The van der Waals surface area contributed by atoms with Gasteiger partial charge in [0.2, 0.25) is 10.0 Å². The molecule has 1 heterocycles. The number of aliphatic hydroxyl groups excluding tert-OH is 1. The number of hydrogen-bond acceptors (Lipinski definition) is 5. The number of aliphatic hydroxyl groups is 1. The Kier molecular flexibility index (Phi) is 5.98. The number of hydrogen-bond donors (Lipinski definition) is 1. The summed E-state index contributed by atoms with van der Waals surface area (Å²) >= 11 is 0. The van der Waals surface area contributed by atoms with E-state index in [1.807, 2.05) is 30.3 Å². The van der Waals surface area contributed by atoms with Gasteiger partial charge in [0, 0.05) is 24.7 Å². The lowest BCUT2D eigenvalue weighted by atomic mass is 10.1. The molecule has 1 aromatic heterocycles. The molecule has 0 unspecified atom stereocenters. The molecule has 2 aromatic carbocycles. The average Bonchev–Trinajstić information content (AvgIpc) is 2.66. The zero-order valence-corrected chi connectivity index (χ0v) is 17.0. The fraction of sp³-hybridized carbons (Fsp3) is 0.286. The molecule has 0 aliphatic heterocycles. The molecule has 7 heteroatoms. The van der Waals surface area contributed by atoms with Crippen molar-refractivity contribution in [1.82, 2.24) is 9.29 Å². The lowest BCUT2D eigenvalue weighted by molar-refractivity contribution is 0.251. The lowest BCUT2D eigenvalue weighted by Crippen LogP contribution is -2.34. The van der Waals surface area contributed by atoms with Crippen LogP contribution in [0.3, 0.4) is 0 Å². The zero-order valence-electron chi connectivity index (χ0n) is 16.2. The van der Waals surface area contributed by atoms with Crippen molar-refractivity contribution in [3.63, 3.8) is 0 Å². The van der Waals surface area contributed by atoms with Gasteiger partial charge in [0.1, 0.15) is 5.75 Å². The summed E-state index contributed by atoms with van der Waals surface area (Å²) in [4.78, 5) is 4.65. The van der Waals surface area contributed by atoms with Crippen LogP contribution in [0.2, 0.25) is 0 Å². The third kappa shape index (κ3) is 4.01. The normalized spacial score (nSPS) is 11.9. The molecule has 0 radical (unpaired) electrons. The highest BCUT2D eigenvalue weighted by Crippen LogP contribution is 2.29. The Hall–Kier alpha value is -2.48. The molecule has 0 saturated carbocycles. The van der Waals surface area contributed by atoms with Gasteiger partial charge in [0.05, 0.1) is 24.1 Å². The molecular formula is C21H24N2O4S. The first-order valence-electron chi connectivity index (χ1n) is 8.96. The van der Waals surface area contributed by atoms with Gasteiger partial charge in [-0.3, -0.25) is 4.98 Å². The van der Waals surface area contributed by atoms with Crippen molar-refractivity contribution in [3.05, 3.63) is 65.4 Å². The Labute approximate surface area is 165 Å². The van der Waals surface area contributed by atoms with Gasteiger partial charge in [0.25, 0.3) is 0 Å². The second kappa shape index (κ2) is 8.26. The average molecular weight is 401 g/mol. The molecule has 148 valence electrons.